The van der Waals surface area contributed by atoms with Gasteiger partial charge in [0.05, 0.1) is 0 Å². The molecule has 1 aliphatic heterocycles. The second-order valence-electron chi connectivity index (χ2n) is 7.01. The molecule has 0 atom stereocenters. The van der Waals surface area contributed by atoms with Crippen molar-refractivity contribution in [1.82, 2.24) is 14.9 Å². The normalized spacial score (nSPS) is 13.2. The van der Waals surface area contributed by atoms with Crippen LogP contribution in [0.1, 0.15) is 28.4 Å². The van der Waals surface area contributed by atoms with Gasteiger partial charge in [-0.25, -0.2) is 4.98 Å². The molecule has 6 heteroatoms. The molecule has 0 saturated carbocycles. The Morgan fingerprint density at radius 3 is 2.32 bits per heavy atom. The Balaban J connectivity index is 1.62. The highest BCUT2D eigenvalue weighted by Crippen LogP contribution is 2.31. The van der Waals surface area contributed by atoms with Crippen LogP contribution in [0, 0.1) is 0 Å². The van der Waals surface area contributed by atoms with Crippen LogP contribution < -0.4 is 10.9 Å². The first-order chi connectivity index (χ1) is 13.6. The molecule has 0 unspecified atom stereocenters. The number of hydrogen-bond donors (Lipinski definition) is 1. The Morgan fingerprint density at radius 1 is 1.11 bits per heavy atom. The smallest absolute Gasteiger partial charge is 0.267 e. The number of carbonyl (C=O) groups is 1. The second kappa shape index (κ2) is 7.64. The van der Waals surface area contributed by atoms with E-state index in [2.05, 4.69) is 41.5 Å². The van der Waals surface area contributed by atoms with E-state index in [9.17, 15) is 9.59 Å². The van der Waals surface area contributed by atoms with Crippen LogP contribution in [-0.2, 0) is 12.0 Å². The average molecular weight is 391 g/mol. The Labute approximate surface area is 167 Å². The van der Waals surface area contributed by atoms with Crippen LogP contribution in [0.3, 0.4) is 0 Å². The van der Waals surface area contributed by atoms with Crippen molar-refractivity contribution in [3.63, 3.8) is 0 Å². The second-order valence-corrected chi connectivity index (χ2v) is 8.07. The van der Waals surface area contributed by atoms with Gasteiger partial charge < -0.3 is 5.32 Å². The molecule has 1 N–H and O–H groups in total. The minimum absolute atomic E-state index is 0.0923. The lowest BCUT2D eigenvalue weighted by molar-refractivity contribution is 0.0944. The number of carbonyl (C=O) groups excluding carboxylic acids is 1. The van der Waals surface area contributed by atoms with Crippen molar-refractivity contribution in [1.29, 1.82) is 0 Å². The predicted molar refractivity (Wildman–Crippen MR) is 111 cm³/mol. The quantitative estimate of drug-likeness (QED) is 0.679. The van der Waals surface area contributed by atoms with E-state index in [0.717, 1.165) is 16.9 Å². The topological polar surface area (TPSA) is 64.0 Å². The highest BCUT2D eigenvalue weighted by Gasteiger charge is 2.30. The van der Waals surface area contributed by atoms with Gasteiger partial charge in [-0.3, -0.25) is 14.2 Å². The standard InChI is InChI=1S/C22H21N3O2S/c1-22(16-8-4-2-5-9-16,17-10-6-3-7-11-17)15-24-19(26)18-14-23-21-25(20(18)27)12-13-28-21/h2-11,14H,12-13,15H2,1H3,(H,24,26). The largest absolute Gasteiger partial charge is 0.351 e. The van der Waals surface area contributed by atoms with E-state index in [1.165, 1.54) is 18.0 Å². The number of fused-ring (bicyclic) bond motifs is 1. The van der Waals surface area contributed by atoms with Crippen molar-refractivity contribution in [2.24, 2.45) is 0 Å². The molecule has 2 aromatic carbocycles. The summed E-state index contributed by atoms with van der Waals surface area (Å²) in [5, 5.41) is 3.65. The maximum atomic E-state index is 12.8. The van der Waals surface area contributed by atoms with Gasteiger partial charge in [0, 0.05) is 30.5 Å². The van der Waals surface area contributed by atoms with Crippen LogP contribution in [0.25, 0.3) is 0 Å². The van der Waals surface area contributed by atoms with Gasteiger partial charge in [-0.15, -0.1) is 0 Å². The number of thioether (sulfide) groups is 1. The first-order valence-corrected chi connectivity index (χ1v) is 10.2. The van der Waals surface area contributed by atoms with Gasteiger partial charge in [-0.2, -0.15) is 0 Å². The van der Waals surface area contributed by atoms with Crippen LogP contribution in [0.2, 0.25) is 0 Å². The summed E-state index contributed by atoms with van der Waals surface area (Å²) in [6.45, 7) is 3.07. The highest BCUT2D eigenvalue weighted by molar-refractivity contribution is 7.99. The van der Waals surface area contributed by atoms with Crippen LogP contribution in [0.5, 0.6) is 0 Å². The van der Waals surface area contributed by atoms with E-state index in [1.54, 1.807) is 4.57 Å². The molecule has 0 saturated heterocycles. The minimum Gasteiger partial charge on any atom is -0.351 e. The summed E-state index contributed by atoms with van der Waals surface area (Å²) in [5.41, 5.74) is 1.60. The lowest BCUT2D eigenvalue weighted by Crippen LogP contribution is -2.41. The third-order valence-electron chi connectivity index (χ3n) is 5.23. The molecular formula is C22H21N3O2S. The van der Waals surface area contributed by atoms with Gasteiger partial charge in [0.15, 0.2) is 5.16 Å². The Hall–Kier alpha value is -2.86. The van der Waals surface area contributed by atoms with Crippen molar-refractivity contribution in [2.45, 2.75) is 24.0 Å². The van der Waals surface area contributed by atoms with Crippen molar-refractivity contribution in [3.05, 3.63) is 93.9 Å². The van der Waals surface area contributed by atoms with Crippen LogP contribution in [0.4, 0.5) is 0 Å². The molecule has 1 amide bonds. The monoisotopic (exact) mass is 391 g/mol. The van der Waals surface area contributed by atoms with Gasteiger partial charge in [-0.1, -0.05) is 72.4 Å². The lowest BCUT2D eigenvalue weighted by Gasteiger charge is -2.31. The van der Waals surface area contributed by atoms with Gasteiger partial charge in [0.25, 0.3) is 11.5 Å². The third-order valence-corrected chi connectivity index (χ3v) is 6.20. The molecule has 4 rings (SSSR count). The number of rotatable bonds is 5. The zero-order valence-electron chi connectivity index (χ0n) is 15.6. The molecule has 3 aromatic rings. The maximum Gasteiger partial charge on any atom is 0.267 e. The van der Waals surface area contributed by atoms with E-state index in [1.807, 2.05) is 36.4 Å². The first-order valence-electron chi connectivity index (χ1n) is 9.21. The minimum atomic E-state index is -0.422. The maximum absolute atomic E-state index is 12.8. The summed E-state index contributed by atoms with van der Waals surface area (Å²) in [7, 11) is 0. The molecule has 5 nitrogen and oxygen atoms in total. The van der Waals surface area contributed by atoms with Crippen LogP contribution in [-0.4, -0.2) is 27.8 Å². The molecule has 28 heavy (non-hydrogen) atoms. The SMILES string of the molecule is CC(CNC(=O)c1cnc2n(c1=O)CCS2)(c1ccccc1)c1ccccc1. The zero-order valence-corrected chi connectivity index (χ0v) is 16.4. The molecule has 142 valence electrons. The van der Waals surface area contributed by atoms with E-state index in [0.29, 0.717) is 18.2 Å². The summed E-state index contributed by atoms with van der Waals surface area (Å²) in [6.07, 6.45) is 1.39. The zero-order chi connectivity index (χ0) is 19.6. The molecule has 0 spiro atoms. The fraction of sp³-hybridized carbons (Fsp3) is 0.227. The predicted octanol–water partition coefficient (Wildman–Crippen LogP) is 3.09. The number of benzene rings is 2. The van der Waals surface area contributed by atoms with Gasteiger partial charge in [-0.05, 0) is 18.1 Å². The van der Waals surface area contributed by atoms with Crippen molar-refractivity contribution >= 4 is 17.7 Å². The number of amides is 1. The molecule has 1 aromatic heterocycles. The van der Waals surface area contributed by atoms with Gasteiger partial charge in [0.2, 0.25) is 0 Å². The molecule has 2 heterocycles. The van der Waals surface area contributed by atoms with Crippen molar-refractivity contribution < 1.29 is 4.79 Å². The first kappa shape index (κ1) is 18.5. The molecule has 0 bridgehead atoms. The number of nitrogens with one attached hydrogen (secondary N) is 1. The molecular weight excluding hydrogens is 370 g/mol. The van der Waals surface area contributed by atoms with Crippen molar-refractivity contribution in [2.75, 3.05) is 12.3 Å². The lowest BCUT2D eigenvalue weighted by atomic mass is 9.76. The van der Waals surface area contributed by atoms with E-state index >= 15 is 0 Å². The fourth-order valence-corrected chi connectivity index (χ4v) is 4.42. The molecule has 1 aliphatic rings. The molecule has 0 radical (unpaired) electrons. The van der Waals surface area contributed by atoms with Crippen LogP contribution >= 0.6 is 11.8 Å². The summed E-state index contributed by atoms with van der Waals surface area (Å²) in [4.78, 5) is 29.7. The number of nitrogens with zero attached hydrogens (tertiary/aromatic N) is 2. The van der Waals surface area contributed by atoms with Crippen molar-refractivity contribution in [3.8, 4) is 0 Å². The Bertz CT molecular complexity index is 1010. The number of aromatic nitrogens is 2. The van der Waals surface area contributed by atoms with Gasteiger partial charge >= 0.3 is 0 Å². The van der Waals surface area contributed by atoms with E-state index in [-0.39, 0.29) is 17.0 Å². The summed E-state index contributed by atoms with van der Waals surface area (Å²) < 4.78 is 1.58. The number of hydrogen-bond acceptors (Lipinski definition) is 4. The Morgan fingerprint density at radius 2 is 1.71 bits per heavy atom. The van der Waals surface area contributed by atoms with Gasteiger partial charge in [0.1, 0.15) is 5.56 Å². The summed E-state index contributed by atoms with van der Waals surface area (Å²) in [5.74, 6) is 0.427. The fourth-order valence-electron chi connectivity index (χ4n) is 3.51. The Kier molecular flexibility index (Phi) is 5.05. The van der Waals surface area contributed by atoms with E-state index < -0.39 is 5.41 Å². The average Bonchev–Trinajstić information content (AvgIpc) is 3.23. The molecule has 0 aliphatic carbocycles. The summed E-state index contributed by atoms with van der Waals surface area (Å²) >= 11 is 1.53. The van der Waals surface area contributed by atoms with E-state index in [4.69, 9.17) is 0 Å². The molecule has 0 fully saturated rings. The highest BCUT2D eigenvalue weighted by atomic mass is 32.2. The third kappa shape index (κ3) is 3.36. The van der Waals surface area contributed by atoms with Crippen LogP contribution in [0.15, 0.2) is 76.8 Å². The summed E-state index contributed by atoms with van der Waals surface area (Å²) in [6, 6.07) is 20.2.